The molecule has 0 amide bonds. The van der Waals surface area contributed by atoms with Crippen molar-refractivity contribution in [3.05, 3.63) is 35.9 Å². The summed E-state index contributed by atoms with van der Waals surface area (Å²) >= 11 is 0. The average molecular weight is 233 g/mol. The second-order valence-corrected chi connectivity index (χ2v) is 5.48. The van der Waals surface area contributed by atoms with E-state index < -0.39 is 0 Å². The molecule has 2 nitrogen and oxygen atoms in total. The van der Waals surface area contributed by atoms with Crippen LogP contribution in [0.5, 0.6) is 0 Å². The first-order chi connectivity index (χ1) is 8.16. The van der Waals surface area contributed by atoms with E-state index in [1.54, 1.807) is 0 Å². The molecule has 1 heterocycles. The van der Waals surface area contributed by atoms with Crippen LogP contribution in [0.1, 0.15) is 25.8 Å². The molecule has 1 aromatic rings. The summed E-state index contributed by atoms with van der Waals surface area (Å²) in [4.78, 5) is 0. The number of nitrogens with one attached hydrogen (secondary N) is 1. The maximum atomic E-state index is 5.53. The molecular formula is C15H23NO. The molecule has 2 rings (SSSR count). The second-order valence-electron chi connectivity index (χ2n) is 5.48. The minimum absolute atomic E-state index is 0.133. The summed E-state index contributed by atoms with van der Waals surface area (Å²) in [5, 5.41) is 3.50. The molecule has 2 heteroatoms. The van der Waals surface area contributed by atoms with Gasteiger partial charge >= 0.3 is 0 Å². The van der Waals surface area contributed by atoms with Crippen LogP contribution in [0.2, 0.25) is 0 Å². The molecule has 94 valence electrons. The van der Waals surface area contributed by atoms with Crippen molar-refractivity contribution in [2.45, 2.75) is 31.7 Å². The Hall–Kier alpha value is -0.860. The van der Waals surface area contributed by atoms with Crippen molar-refractivity contribution >= 4 is 0 Å². The van der Waals surface area contributed by atoms with E-state index in [2.05, 4.69) is 56.5 Å². The van der Waals surface area contributed by atoms with Crippen LogP contribution in [0.3, 0.4) is 0 Å². The topological polar surface area (TPSA) is 21.3 Å². The molecule has 0 aromatic heterocycles. The van der Waals surface area contributed by atoms with Gasteiger partial charge in [-0.15, -0.1) is 0 Å². The smallest absolute Gasteiger partial charge is 0.0510 e. The van der Waals surface area contributed by atoms with Crippen LogP contribution in [0.25, 0.3) is 0 Å². The Labute approximate surface area is 104 Å². The molecule has 1 aliphatic rings. The third-order valence-corrected chi connectivity index (χ3v) is 4.04. The van der Waals surface area contributed by atoms with Gasteiger partial charge in [0.15, 0.2) is 0 Å². The number of likely N-dealkylation sites (N-methyl/N-ethyl adjacent to an activating group) is 1. The monoisotopic (exact) mass is 233 g/mol. The molecule has 1 fully saturated rings. The van der Waals surface area contributed by atoms with Crippen LogP contribution in [0.4, 0.5) is 0 Å². The lowest BCUT2D eigenvalue weighted by molar-refractivity contribution is 0.164. The molecular weight excluding hydrogens is 210 g/mol. The van der Waals surface area contributed by atoms with E-state index in [-0.39, 0.29) is 5.41 Å². The first-order valence-electron chi connectivity index (χ1n) is 6.47. The van der Waals surface area contributed by atoms with Crippen LogP contribution in [-0.2, 0) is 10.2 Å². The predicted octanol–water partition coefficient (Wildman–Crippen LogP) is 2.59. The molecule has 1 aliphatic heterocycles. The lowest BCUT2D eigenvalue weighted by atomic mass is 9.72. The first kappa shape index (κ1) is 12.6. The van der Waals surface area contributed by atoms with Gasteiger partial charge in [0.2, 0.25) is 0 Å². The van der Waals surface area contributed by atoms with Crippen LogP contribution < -0.4 is 5.32 Å². The number of ether oxygens (including phenoxy) is 1. The normalized spacial score (nSPS) is 22.6. The average Bonchev–Trinajstić information content (AvgIpc) is 2.84. The van der Waals surface area contributed by atoms with Gasteiger partial charge in [-0.1, -0.05) is 44.2 Å². The maximum absolute atomic E-state index is 5.53. The minimum Gasteiger partial charge on any atom is -0.381 e. The quantitative estimate of drug-likeness (QED) is 0.863. The predicted molar refractivity (Wildman–Crippen MR) is 71.2 cm³/mol. The summed E-state index contributed by atoms with van der Waals surface area (Å²) in [5.74, 6) is 0.621. The number of benzene rings is 1. The zero-order valence-electron chi connectivity index (χ0n) is 11.1. The van der Waals surface area contributed by atoms with E-state index in [1.165, 1.54) is 12.0 Å². The van der Waals surface area contributed by atoms with E-state index in [9.17, 15) is 0 Å². The van der Waals surface area contributed by atoms with Gasteiger partial charge in [0.05, 0.1) is 6.61 Å². The lowest BCUT2D eigenvalue weighted by Gasteiger charge is -2.38. The summed E-state index contributed by atoms with van der Waals surface area (Å²) in [6.07, 6.45) is 1.17. The van der Waals surface area contributed by atoms with Crippen molar-refractivity contribution < 1.29 is 4.74 Å². The SMILES string of the molecule is CNC(C1CCOC1)C(C)(C)c1ccccc1. The number of hydrogen-bond donors (Lipinski definition) is 1. The van der Waals surface area contributed by atoms with Crippen LogP contribution in [0.15, 0.2) is 30.3 Å². The molecule has 0 radical (unpaired) electrons. The van der Waals surface area contributed by atoms with Gasteiger partial charge in [-0.25, -0.2) is 0 Å². The molecule has 0 bridgehead atoms. The molecule has 2 atom stereocenters. The Bertz CT molecular complexity index is 341. The number of hydrogen-bond acceptors (Lipinski definition) is 2. The Balaban J connectivity index is 2.22. The van der Waals surface area contributed by atoms with E-state index in [0.717, 1.165) is 13.2 Å². The summed E-state index contributed by atoms with van der Waals surface area (Å²) in [6.45, 7) is 6.44. The summed E-state index contributed by atoms with van der Waals surface area (Å²) < 4.78 is 5.53. The largest absolute Gasteiger partial charge is 0.381 e. The zero-order chi connectivity index (χ0) is 12.3. The fourth-order valence-corrected chi connectivity index (χ4v) is 3.05. The first-order valence-corrected chi connectivity index (χ1v) is 6.47. The van der Waals surface area contributed by atoms with Crippen LogP contribution in [-0.4, -0.2) is 26.3 Å². The van der Waals surface area contributed by atoms with Gasteiger partial charge in [-0.3, -0.25) is 0 Å². The van der Waals surface area contributed by atoms with Crippen molar-refractivity contribution in [2.24, 2.45) is 5.92 Å². The van der Waals surface area contributed by atoms with Crippen molar-refractivity contribution in [1.29, 1.82) is 0 Å². The van der Waals surface area contributed by atoms with Gasteiger partial charge < -0.3 is 10.1 Å². The molecule has 2 unspecified atom stereocenters. The van der Waals surface area contributed by atoms with Gasteiger partial charge in [-0.05, 0) is 19.0 Å². The molecule has 17 heavy (non-hydrogen) atoms. The third-order valence-electron chi connectivity index (χ3n) is 4.04. The van der Waals surface area contributed by atoms with E-state index in [0.29, 0.717) is 12.0 Å². The second kappa shape index (κ2) is 5.19. The summed E-state index contributed by atoms with van der Waals surface area (Å²) in [6, 6.07) is 11.2. The molecule has 0 aliphatic carbocycles. The zero-order valence-corrected chi connectivity index (χ0v) is 11.1. The molecule has 0 saturated carbocycles. The molecule has 1 saturated heterocycles. The van der Waals surface area contributed by atoms with Gasteiger partial charge in [0, 0.05) is 24.0 Å². The van der Waals surface area contributed by atoms with Crippen molar-refractivity contribution in [2.75, 3.05) is 20.3 Å². The van der Waals surface area contributed by atoms with E-state index in [1.807, 2.05) is 0 Å². The molecule has 1 aromatic carbocycles. The highest BCUT2D eigenvalue weighted by Crippen LogP contribution is 2.33. The third kappa shape index (κ3) is 2.53. The summed E-state index contributed by atoms with van der Waals surface area (Å²) in [7, 11) is 2.06. The van der Waals surface area contributed by atoms with Gasteiger partial charge in [0.25, 0.3) is 0 Å². The van der Waals surface area contributed by atoms with E-state index >= 15 is 0 Å². The highest BCUT2D eigenvalue weighted by molar-refractivity contribution is 5.26. The molecule has 1 N–H and O–H groups in total. The van der Waals surface area contributed by atoms with Crippen LogP contribution >= 0.6 is 0 Å². The fraction of sp³-hybridized carbons (Fsp3) is 0.600. The Kier molecular flexibility index (Phi) is 3.85. The van der Waals surface area contributed by atoms with E-state index in [4.69, 9.17) is 4.74 Å². The van der Waals surface area contributed by atoms with Crippen molar-refractivity contribution in [1.82, 2.24) is 5.32 Å². The number of rotatable bonds is 4. The van der Waals surface area contributed by atoms with Crippen molar-refractivity contribution in [3.63, 3.8) is 0 Å². The lowest BCUT2D eigenvalue weighted by Crippen LogP contribution is -2.48. The van der Waals surface area contributed by atoms with Gasteiger partial charge in [-0.2, -0.15) is 0 Å². The van der Waals surface area contributed by atoms with Gasteiger partial charge in [0.1, 0.15) is 0 Å². The summed E-state index contributed by atoms with van der Waals surface area (Å²) in [5.41, 5.74) is 1.53. The Morgan fingerprint density at radius 2 is 2.00 bits per heavy atom. The highest BCUT2D eigenvalue weighted by atomic mass is 16.5. The Morgan fingerprint density at radius 3 is 2.53 bits per heavy atom. The van der Waals surface area contributed by atoms with Crippen LogP contribution in [0, 0.1) is 5.92 Å². The minimum atomic E-state index is 0.133. The highest BCUT2D eigenvalue weighted by Gasteiger charge is 2.37. The Morgan fingerprint density at radius 1 is 1.29 bits per heavy atom. The fourth-order valence-electron chi connectivity index (χ4n) is 3.05. The maximum Gasteiger partial charge on any atom is 0.0510 e. The standard InChI is InChI=1S/C15H23NO/c1-15(2,13-7-5-4-6-8-13)14(16-3)12-9-10-17-11-12/h4-8,12,14,16H,9-11H2,1-3H3. The van der Waals surface area contributed by atoms with Crippen molar-refractivity contribution in [3.8, 4) is 0 Å². The molecule has 0 spiro atoms.